The van der Waals surface area contributed by atoms with E-state index in [0.717, 1.165) is 21.2 Å². The van der Waals surface area contributed by atoms with Gasteiger partial charge < -0.3 is 5.32 Å². The lowest BCUT2D eigenvalue weighted by Crippen LogP contribution is -2.22. The number of carbonyl (C=O) groups excluding carboxylic acids is 2. The van der Waals surface area contributed by atoms with Crippen molar-refractivity contribution in [3.63, 3.8) is 0 Å². The molecule has 1 N–H and O–H groups in total. The molecule has 0 atom stereocenters. The van der Waals surface area contributed by atoms with Crippen molar-refractivity contribution in [3.8, 4) is 11.3 Å². The first-order chi connectivity index (χ1) is 15.5. The highest BCUT2D eigenvalue weighted by Gasteiger charge is 2.15. The van der Waals surface area contributed by atoms with Gasteiger partial charge in [0.15, 0.2) is 5.78 Å². The summed E-state index contributed by atoms with van der Waals surface area (Å²) in [7, 11) is 0. The van der Waals surface area contributed by atoms with Gasteiger partial charge in [0.05, 0.1) is 10.6 Å². The maximum Gasteiger partial charge on any atom is 0.216 e. The Bertz CT molecular complexity index is 1270. The van der Waals surface area contributed by atoms with Gasteiger partial charge in [-0.25, -0.2) is 4.39 Å². The van der Waals surface area contributed by atoms with Crippen LogP contribution in [0.2, 0.25) is 0 Å². The van der Waals surface area contributed by atoms with Gasteiger partial charge in [0, 0.05) is 34.7 Å². The number of rotatable bonds is 8. The van der Waals surface area contributed by atoms with E-state index in [1.807, 2.05) is 36.4 Å². The minimum absolute atomic E-state index is 0.0271. The number of hydrogen-bond donors (Lipinski definition) is 1. The Hall–Kier alpha value is -3.10. The van der Waals surface area contributed by atoms with E-state index in [-0.39, 0.29) is 23.3 Å². The normalized spacial score (nSPS) is 10.9. The number of halogens is 1. The molecule has 0 aliphatic rings. The average Bonchev–Trinajstić information content (AvgIpc) is 3.27. The fourth-order valence-electron chi connectivity index (χ4n) is 3.24. The fourth-order valence-corrected chi connectivity index (χ4v) is 5.13. The third kappa shape index (κ3) is 5.20. The molecule has 32 heavy (non-hydrogen) atoms. The molecule has 5 nitrogen and oxygen atoms in total. The number of benzene rings is 2. The molecule has 4 rings (SSSR count). The molecule has 4 aromatic rings. The van der Waals surface area contributed by atoms with Crippen molar-refractivity contribution in [2.75, 3.05) is 12.3 Å². The number of amides is 1. The molecule has 1 amide bonds. The van der Waals surface area contributed by atoms with Gasteiger partial charge in [-0.3, -0.25) is 9.59 Å². The van der Waals surface area contributed by atoms with Crippen LogP contribution in [-0.4, -0.2) is 34.2 Å². The predicted molar refractivity (Wildman–Crippen MR) is 127 cm³/mol. The maximum atomic E-state index is 13.3. The summed E-state index contributed by atoms with van der Waals surface area (Å²) in [5.41, 5.74) is 1.46. The first kappa shape index (κ1) is 22.1. The third-order valence-corrected chi connectivity index (χ3v) is 6.96. The fraction of sp³-hybridized carbons (Fsp3) is 0.167. The molecule has 8 heteroatoms. The molecule has 0 unspecified atom stereocenters. The summed E-state index contributed by atoms with van der Waals surface area (Å²) >= 11 is 2.81. The van der Waals surface area contributed by atoms with Crippen molar-refractivity contribution >= 4 is 45.6 Å². The maximum absolute atomic E-state index is 13.3. The van der Waals surface area contributed by atoms with Crippen molar-refractivity contribution in [1.29, 1.82) is 0 Å². The molecule has 2 aromatic heterocycles. The first-order valence-electron chi connectivity index (χ1n) is 10.0. The van der Waals surface area contributed by atoms with Crippen molar-refractivity contribution in [1.82, 2.24) is 15.5 Å². The van der Waals surface area contributed by atoms with Crippen LogP contribution in [0, 0.1) is 5.82 Å². The van der Waals surface area contributed by atoms with Crippen LogP contribution in [0.5, 0.6) is 0 Å². The number of thiophene rings is 1. The monoisotopic (exact) mass is 465 g/mol. The van der Waals surface area contributed by atoms with Crippen LogP contribution in [0.25, 0.3) is 22.0 Å². The molecule has 0 aliphatic carbocycles. The number of nitrogens with zero attached hydrogens (tertiary/aromatic N) is 2. The second-order valence-electron chi connectivity index (χ2n) is 7.12. The number of ketones is 1. The van der Waals surface area contributed by atoms with Crippen molar-refractivity contribution < 1.29 is 14.0 Å². The van der Waals surface area contributed by atoms with E-state index in [2.05, 4.69) is 15.5 Å². The van der Waals surface area contributed by atoms with Crippen LogP contribution in [-0.2, 0) is 11.2 Å². The molecule has 162 valence electrons. The number of hydrogen-bond acceptors (Lipinski definition) is 6. The van der Waals surface area contributed by atoms with Gasteiger partial charge in [-0.2, -0.15) is 0 Å². The summed E-state index contributed by atoms with van der Waals surface area (Å²) in [6.45, 7) is 2.04. The molecule has 0 aliphatic heterocycles. The summed E-state index contributed by atoms with van der Waals surface area (Å²) in [4.78, 5) is 25.4. The summed E-state index contributed by atoms with van der Waals surface area (Å²) in [6.07, 6.45) is 0.700. The number of carbonyl (C=O) groups is 2. The van der Waals surface area contributed by atoms with Gasteiger partial charge in [-0.05, 0) is 42.8 Å². The van der Waals surface area contributed by atoms with Crippen LogP contribution in [0.4, 0.5) is 4.39 Å². The van der Waals surface area contributed by atoms with E-state index in [1.54, 1.807) is 12.1 Å². The van der Waals surface area contributed by atoms with E-state index in [1.165, 1.54) is 42.2 Å². The van der Waals surface area contributed by atoms with Crippen molar-refractivity contribution in [2.24, 2.45) is 0 Å². The summed E-state index contributed by atoms with van der Waals surface area (Å²) in [5.74, 6) is -0.0869. The standard InChI is InChI=1S/C24H20FN3O2S2/c1-15(29)26-13-12-18-10-11-22(32-18)21(30)14-31-24-20-5-3-2-4-19(20)23(27-28-24)16-6-8-17(25)9-7-16/h2-11H,12-14H2,1H3,(H,26,29). The lowest BCUT2D eigenvalue weighted by atomic mass is 10.1. The van der Waals surface area contributed by atoms with Crippen LogP contribution in [0.3, 0.4) is 0 Å². The summed E-state index contributed by atoms with van der Waals surface area (Å²) < 4.78 is 13.3. The van der Waals surface area contributed by atoms with Crippen LogP contribution < -0.4 is 5.32 Å². The first-order valence-corrected chi connectivity index (χ1v) is 11.8. The molecule has 0 spiro atoms. The van der Waals surface area contributed by atoms with Gasteiger partial charge in [0.1, 0.15) is 16.5 Å². The van der Waals surface area contributed by atoms with Crippen LogP contribution >= 0.6 is 23.1 Å². The van der Waals surface area contributed by atoms with E-state index in [9.17, 15) is 14.0 Å². The molecule has 0 bridgehead atoms. The Morgan fingerprint density at radius 3 is 2.50 bits per heavy atom. The van der Waals surface area contributed by atoms with Gasteiger partial charge in [0.2, 0.25) is 5.91 Å². The summed E-state index contributed by atoms with van der Waals surface area (Å²) in [6, 6.07) is 17.7. The lowest BCUT2D eigenvalue weighted by molar-refractivity contribution is -0.118. The number of Topliss-reactive ketones (excluding diaryl/α,β-unsaturated/α-hetero) is 1. The second kappa shape index (κ2) is 10.0. The Balaban J connectivity index is 1.49. The number of fused-ring (bicyclic) bond motifs is 1. The van der Waals surface area contributed by atoms with Gasteiger partial charge in [-0.15, -0.1) is 21.5 Å². The van der Waals surface area contributed by atoms with Gasteiger partial charge in [0.25, 0.3) is 0 Å². The third-order valence-electron chi connectivity index (χ3n) is 4.79. The van der Waals surface area contributed by atoms with Gasteiger partial charge >= 0.3 is 0 Å². The number of thioether (sulfide) groups is 1. The number of nitrogens with one attached hydrogen (secondary N) is 1. The Morgan fingerprint density at radius 1 is 1.00 bits per heavy atom. The molecular weight excluding hydrogens is 445 g/mol. The Morgan fingerprint density at radius 2 is 1.75 bits per heavy atom. The molecular formula is C24H20FN3O2S2. The minimum Gasteiger partial charge on any atom is -0.356 e. The van der Waals surface area contributed by atoms with E-state index in [4.69, 9.17) is 0 Å². The topological polar surface area (TPSA) is 72.0 Å². The van der Waals surface area contributed by atoms with Crippen LogP contribution in [0.1, 0.15) is 21.5 Å². The number of aromatic nitrogens is 2. The zero-order valence-electron chi connectivity index (χ0n) is 17.3. The van der Waals surface area contributed by atoms with Crippen molar-refractivity contribution in [3.05, 3.63) is 76.2 Å². The molecule has 2 aromatic carbocycles. The van der Waals surface area contributed by atoms with Gasteiger partial charge in [-0.1, -0.05) is 36.0 Å². The largest absolute Gasteiger partial charge is 0.356 e. The molecule has 0 saturated heterocycles. The Kier molecular flexibility index (Phi) is 6.92. The van der Waals surface area contributed by atoms with E-state index < -0.39 is 0 Å². The quantitative estimate of drug-likeness (QED) is 0.288. The van der Waals surface area contributed by atoms with Crippen LogP contribution in [0.15, 0.2) is 65.7 Å². The highest BCUT2D eigenvalue weighted by molar-refractivity contribution is 8.00. The molecule has 0 radical (unpaired) electrons. The smallest absolute Gasteiger partial charge is 0.216 e. The highest BCUT2D eigenvalue weighted by atomic mass is 32.2. The zero-order chi connectivity index (χ0) is 22.5. The highest BCUT2D eigenvalue weighted by Crippen LogP contribution is 2.32. The minimum atomic E-state index is -0.302. The molecule has 0 saturated carbocycles. The lowest BCUT2D eigenvalue weighted by Gasteiger charge is -2.09. The van der Waals surface area contributed by atoms with E-state index >= 15 is 0 Å². The molecule has 0 fully saturated rings. The SMILES string of the molecule is CC(=O)NCCc1ccc(C(=O)CSc2nnc(-c3ccc(F)cc3)c3ccccc23)s1. The average molecular weight is 466 g/mol. The zero-order valence-corrected chi connectivity index (χ0v) is 18.9. The molecule has 2 heterocycles. The summed E-state index contributed by atoms with van der Waals surface area (Å²) in [5, 5.41) is 14.0. The Labute approximate surface area is 193 Å². The second-order valence-corrected chi connectivity index (χ2v) is 9.25. The van der Waals surface area contributed by atoms with E-state index in [0.29, 0.717) is 28.6 Å². The van der Waals surface area contributed by atoms with Crippen molar-refractivity contribution in [2.45, 2.75) is 18.4 Å². The predicted octanol–water partition coefficient (Wildman–Crippen LogP) is 5.15.